The molecule has 222 valence electrons. The van der Waals surface area contributed by atoms with Gasteiger partial charge in [-0.2, -0.15) is 5.10 Å². The Labute approximate surface area is 248 Å². The van der Waals surface area contributed by atoms with Gasteiger partial charge in [-0.3, -0.25) is 19.1 Å². The predicted octanol–water partition coefficient (Wildman–Crippen LogP) is 4.27. The summed E-state index contributed by atoms with van der Waals surface area (Å²) in [7, 11) is 0. The second kappa shape index (κ2) is 12.5. The molecule has 3 amide bonds. The van der Waals surface area contributed by atoms with Crippen molar-refractivity contribution in [1.82, 2.24) is 25.0 Å². The number of nitrogens with zero attached hydrogens (tertiary/aromatic N) is 3. The molecule has 5 rings (SSSR count). The third kappa shape index (κ3) is 6.41. The number of H-pyrrole nitrogens is 1. The summed E-state index contributed by atoms with van der Waals surface area (Å²) >= 11 is 0. The number of aliphatic hydroxyl groups excluding tert-OH is 1. The van der Waals surface area contributed by atoms with E-state index in [-0.39, 0.29) is 43.1 Å². The van der Waals surface area contributed by atoms with Gasteiger partial charge in [0.1, 0.15) is 11.5 Å². The number of hydrogen-bond donors (Lipinski definition) is 4. The predicted molar refractivity (Wildman–Crippen MR) is 159 cm³/mol. The molecule has 3 heterocycles. The van der Waals surface area contributed by atoms with Crippen molar-refractivity contribution < 1.29 is 23.9 Å². The first-order valence-electron chi connectivity index (χ1n) is 13.9. The van der Waals surface area contributed by atoms with Crippen molar-refractivity contribution in [3.8, 4) is 0 Å². The minimum atomic E-state index is -0.710. The number of benzene rings is 2. The molecule has 2 unspecified atom stereocenters. The SMILES string of the molecule is C=CC(=O)NCc1cc(F)ccc1Cn1nc(C(=O)Nc2cccc(C(C)O)c2)c2c1C(C)CN(C(=O)c1ccc[nH]1)C2. The number of carbonyl (C=O) groups excluding carboxylic acids is 3. The molecule has 43 heavy (non-hydrogen) atoms. The Morgan fingerprint density at radius 2 is 2.00 bits per heavy atom. The van der Waals surface area contributed by atoms with E-state index in [1.807, 2.05) is 6.92 Å². The topological polar surface area (TPSA) is 132 Å². The van der Waals surface area contributed by atoms with Crippen LogP contribution in [0.5, 0.6) is 0 Å². The lowest BCUT2D eigenvalue weighted by molar-refractivity contribution is -0.116. The van der Waals surface area contributed by atoms with Gasteiger partial charge >= 0.3 is 0 Å². The van der Waals surface area contributed by atoms with Crippen LogP contribution in [0.15, 0.2) is 73.4 Å². The summed E-state index contributed by atoms with van der Waals surface area (Å²) in [5.74, 6) is -1.66. The van der Waals surface area contributed by atoms with Crippen molar-refractivity contribution in [2.24, 2.45) is 0 Å². The van der Waals surface area contributed by atoms with E-state index in [1.54, 1.807) is 65.2 Å². The zero-order valence-corrected chi connectivity index (χ0v) is 23.9. The van der Waals surface area contributed by atoms with E-state index in [4.69, 9.17) is 5.10 Å². The van der Waals surface area contributed by atoms with Crippen LogP contribution in [0.25, 0.3) is 0 Å². The number of rotatable bonds is 9. The van der Waals surface area contributed by atoms with Crippen LogP contribution in [0.1, 0.15) is 74.8 Å². The van der Waals surface area contributed by atoms with Crippen LogP contribution in [0.3, 0.4) is 0 Å². The van der Waals surface area contributed by atoms with Gasteiger partial charge in [-0.25, -0.2) is 4.39 Å². The Morgan fingerprint density at radius 1 is 1.19 bits per heavy atom. The average molecular weight is 585 g/mol. The molecule has 10 nitrogen and oxygen atoms in total. The molecule has 2 aromatic heterocycles. The number of amides is 3. The van der Waals surface area contributed by atoms with Gasteiger partial charge in [0.2, 0.25) is 5.91 Å². The van der Waals surface area contributed by atoms with Crippen molar-refractivity contribution in [1.29, 1.82) is 0 Å². The number of aromatic amines is 1. The highest BCUT2D eigenvalue weighted by Gasteiger charge is 2.35. The fraction of sp³-hybridized carbons (Fsp3) is 0.250. The number of aliphatic hydroxyl groups is 1. The molecule has 1 aliphatic rings. The van der Waals surface area contributed by atoms with Gasteiger partial charge in [0.05, 0.1) is 19.2 Å². The van der Waals surface area contributed by atoms with Crippen LogP contribution < -0.4 is 10.6 Å². The largest absolute Gasteiger partial charge is 0.389 e. The molecule has 0 saturated heterocycles. The van der Waals surface area contributed by atoms with Crippen molar-refractivity contribution in [2.75, 3.05) is 11.9 Å². The molecule has 11 heteroatoms. The lowest BCUT2D eigenvalue weighted by atomic mass is 9.95. The number of hydrogen-bond acceptors (Lipinski definition) is 5. The molecule has 4 N–H and O–H groups in total. The first kappa shape index (κ1) is 29.5. The summed E-state index contributed by atoms with van der Waals surface area (Å²) in [6.45, 7) is 7.93. The highest BCUT2D eigenvalue weighted by atomic mass is 19.1. The second-order valence-corrected chi connectivity index (χ2v) is 10.6. The fourth-order valence-electron chi connectivity index (χ4n) is 5.38. The van der Waals surface area contributed by atoms with Crippen LogP contribution in [0, 0.1) is 5.82 Å². The van der Waals surface area contributed by atoms with Crippen molar-refractivity contribution in [2.45, 2.75) is 45.5 Å². The summed E-state index contributed by atoms with van der Waals surface area (Å²) in [5, 5.41) is 20.3. The lowest BCUT2D eigenvalue weighted by Crippen LogP contribution is -2.38. The van der Waals surface area contributed by atoms with Crippen molar-refractivity contribution >= 4 is 23.4 Å². The van der Waals surface area contributed by atoms with Crippen LogP contribution >= 0.6 is 0 Å². The third-order valence-corrected chi connectivity index (χ3v) is 7.49. The van der Waals surface area contributed by atoms with Gasteiger partial charge < -0.3 is 25.6 Å². The van der Waals surface area contributed by atoms with Crippen LogP contribution in [0.2, 0.25) is 0 Å². The van der Waals surface area contributed by atoms with E-state index in [9.17, 15) is 23.9 Å². The van der Waals surface area contributed by atoms with Gasteiger partial charge in [-0.05, 0) is 66.1 Å². The Bertz CT molecular complexity index is 1680. The number of fused-ring (bicyclic) bond motifs is 1. The van der Waals surface area contributed by atoms with E-state index in [0.29, 0.717) is 40.2 Å². The Kier molecular flexibility index (Phi) is 8.53. The van der Waals surface area contributed by atoms with Crippen molar-refractivity contribution in [3.63, 3.8) is 0 Å². The van der Waals surface area contributed by atoms with Gasteiger partial charge in [-0.1, -0.05) is 31.7 Å². The van der Waals surface area contributed by atoms with E-state index >= 15 is 0 Å². The normalized spacial score (nSPS) is 15.0. The Morgan fingerprint density at radius 3 is 2.72 bits per heavy atom. The maximum atomic E-state index is 14.2. The summed E-state index contributed by atoms with van der Waals surface area (Å²) < 4.78 is 15.9. The molecule has 0 aliphatic carbocycles. The molecular weight excluding hydrogens is 551 g/mol. The Balaban J connectivity index is 1.52. The molecule has 4 aromatic rings. The maximum Gasteiger partial charge on any atom is 0.276 e. The molecule has 0 bridgehead atoms. The molecule has 2 atom stereocenters. The van der Waals surface area contributed by atoms with Crippen LogP contribution in [-0.4, -0.2) is 49.0 Å². The monoisotopic (exact) mass is 584 g/mol. The van der Waals surface area contributed by atoms with Gasteiger partial charge in [0, 0.05) is 42.1 Å². The average Bonchev–Trinajstić information content (AvgIpc) is 3.66. The summed E-state index contributed by atoms with van der Waals surface area (Å²) in [6, 6.07) is 14.7. The van der Waals surface area contributed by atoms with Crippen molar-refractivity contribution in [3.05, 3.63) is 119 Å². The molecular formula is C32H33FN6O4. The molecule has 0 saturated carbocycles. The minimum absolute atomic E-state index is 0.0857. The van der Waals surface area contributed by atoms with Crippen LogP contribution in [0.4, 0.5) is 10.1 Å². The zero-order valence-electron chi connectivity index (χ0n) is 23.9. The summed E-state index contributed by atoms with van der Waals surface area (Å²) in [6.07, 6.45) is 2.12. The first-order chi connectivity index (χ1) is 20.6. The Hall–Kier alpha value is -5.03. The first-order valence-corrected chi connectivity index (χ1v) is 13.9. The smallest absolute Gasteiger partial charge is 0.276 e. The lowest BCUT2D eigenvalue weighted by Gasteiger charge is -2.32. The molecule has 1 aliphatic heterocycles. The standard InChI is InChI=1S/C32H33FN6O4/c1-4-28(41)35-15-23-13-24(33)11-10-22(23)17-39-30-19(2)16-38(32(43)27-9-6-12-34-27)18-26(30)29(37-39)31(42)36-25-8-5-7-21(14-25)20(3)40/h4-14,19-20,34,40H,1,15-18H2,2-3H3,(H,35,41)(H,36,42). The highest BCUT2D eigenvalue weighted by molar-refractivity contribution is 6.04. The number of anilines is 1. The number of halogens is 1. The summed E-state index contributed by atoms with van der Waals surface area (Å²) in [5.41, 5.74) is 4.44. The van der Waals surface area contributed by atoms with E-state index in [2.05, 4.69) is 22.2 Å². The van der Waals surface area contributed by atoms with E-state index in [0.717, 1.165) is 11.8 Å². The third-order valence-electron chi connectivity index (χ3n) is 7.49. The highest BCUT2D eigenvalue weighted by Crippen LogP contribution is 2.33. The molecule has 0 spiro atoms. The number of nitrogens with one attached hydrogen (secondary N) is 3. The summed E-state index contributed by atoms with van der Waals surface area (Å²) in [4.78, 5) is 43.4. The molecule has 0 fully saturated rings. The molecule has 2 aromatic carbocycles. The van der Waals surface area contributed by atoms with Gasteiger partial charge in [-0.15, -0.1) is 0 Å². The number of aromatic nitrogens is 3. The van der Waals surface area contributed by atoms with Gasteiger partial charge in [0.25, 0.3) is 11.8 Å². The van der Waals surface area contributed by atoms with Gasteiger partial charge in [0.15, 0.2) is 5.69 Å². The van der Waals surface area contributed by atoms with E-state index < -0.39 is 17.8 Å². The number of carbonyl (C=O) groups is 3. The quantitative estimate of drug-likeness (QED) is 0.218. The second-order valence-electron chi connectivity index (χ2n) is 10.6. The van der Waals surface area contributed by atoms with E-state index in [1.165, 1.54) is 12.1 Å². The maximum absolute atomic E-state index is 14.2. The van der Waals surface area contributed by atoms with Crippen LogP contribution in [-0.2, 0) is 24.4 Å². The molecule has 0 radical (unpaired) electrons. The zero-order chi connectivity index (χ0) is 30.7. The fourth-order valence-corrected chi connectivity index (χ4v) is 5.38. The minimum Gasteiger partial charge on any atom is -0.389 e.